The topological polar surface area (TPSA) is 12.4 Å². The molecule has 98 valence electrons. The van der Waals surface area contributed by atoms with Gasteiger partial charge in [-0.25, -0.2) is 0 Å². The van der Waals surface area contributed by atoms with Crippen LogP contribution in [0.5, 0.6) is 0 Å². The van der Waals surface area contributed by atoms with Crippen molar-refractivity contribution in [2.45, 2.75) is 27.7 Å². The average Bonchev–Trinajstić information content (AvgIpc) is 2.34. The van der Waals surface area contributed by atoms with Gasteiger partial charge in [0.25, 0.3) is 0 Å². The molecule has 0 amide bonds. The molecular weight excluding hydrogens is 218 g/mol. The number of allylic oxidation sites excluding steroid dienone is 9. The summed E-state index contributed by atoms with van der Waals surface area (Å²) in [6.45, 7) is 12.4. The maximum absolute atomic E-state index is 4.28. The molecule has 1 heteroatoms. The summed E-state index contributed by atoms with van der Waals surface area (Å²) in [7, 11) is 1.81. The zero-order valence-corrected chi connectivity index (χ0v) is 12.3. The van der Waals surface area contributed by atoms with E-state index in [2.05, 4.69) is 44.5 Å². The van der Waals surface area contributed by atoms with Crippen molar-refractivity contribution in [3.8, 4) is 0 Å². The molecule has 0 unspecified atom stereocenters. The fourth-order valence-electron chi connectivity index (χ4n) is 1.31. The van der Waals surface area contributed by atoms with Crippen molar-refractivity contribution < 1.29 is 0 Å². The molecule has 0 atom stereocenters. The van der Waals surface area contributed by atoms with E-state index in [9.17, 15) is 0 Å². The first-order chi connectivity index (χ1) is 8.52. The highest BCUT2D eigenvalue weighted by molar-refractivity contribution is 6.08. The Hall–Kier alpha value is -1.63. The van der Waals surface area contributed by atoms with Crippen molar-refractivity contribution in [1.29, 1.82) is 0 Å². The van der Waals surface area contributed by atoms with E-state index in [0.717, 1.165) is 11.3 Å². The van der Waals surface area contributed by atoms with Crippen molar-refractivity contribution >= 4 is 5.71 Å². The number of hydrogen-bond donors (Lipinski definition) is 0. The molecule has 0 radical (unpaired) electrons. The predicted octanol–water partition coefficient (Wildman–Crippen LogP) is 4.90. The normalized spacial score (nSPS) is 14.6. The fourth-order valence-corrected chi connectivity index (χ4v) is 1.31. The second-order valence-electron chi connectivity index (χ2n) is 4.45. The van der Waals surface area contributed by atoms with Crippen LogP contribution in [0.15, 0.2) is 65.2 Å². The van der Waals surface area contributed by atoms with Crippen LogP contribution >= 0.6 is 0 Å². The van der Waals surface area contributed by atoms with Crippen LogP contribution in [0.3, 0.4) is 0 Å². The summed E-state index contributed by atoms with van der Waals surface area (Å²) in [6.07, 6.45) is 14.2. The van der Waals surface area contributed by atoms with Crippen LogP contribution in [-0.2, 0) is 0 Å². The summed E-state index contributed by atoms with van der Waals surface area (Å²) < 4.78 is 0. The smallest absolute Gasteiger partial charge is 0.0602 e. The van der Waals surface area contributed by atoms with Gasteiger partial charge in [-0.05, 0) is 37.0 Å². The molecule has 0 aromatic carbocycles. The van der Waals surface area contributed by atoms with E-state index in [1.807, 2.05) is 44.4 Å². The van der Waals surface area contributed by atoms with Gasteiger partial charge >= 0.3 is 0 Å². The summed E-state index contributed by atoms with van der Waals surface area (Å²) in [5, 5.41) is 0. The Morgan fingerprint density at radius 2 is 1.72 bits per heavy atom. The lowest BCUT2D eigenvalue weighted by molar-refractivity contribution is 0.806. The number of rotatable bonds is 6. The molecule has 18 heavy (non-hydrogen) atoms. The van der Waals surface area contributed by atoms with Crippen molar-refractivity contribution in [2.24, 2.45) is 10.9 Å². The van der Waals surface area contributed by atoms with Crippen molar-refractivity contribution in [3.05, 3.63) is 60.3 Å². The molecule has 0 saturated heterocycles. The zero-order chi connectivity index (χ0) is 14.0. The van der Waals surface area contributed by atoms with Gasteiger partial charge in [0, 0.05) is 7.05 Å². The summed E-state index contributed by atoms with van der Waals surface area (Å²) in [5.74, 6) is 0.423. The van der Waals surface area contributed by atoms with Crippen molar-refractivity contribution in [1.82, 2.24) is 0 Å². The van der Waals surface area contributed by atoms with Gasteiger partial charge in [-0.1, -0.05) is 56.9 Å². The molecule has 0 aliphatic rings. The summed E-state index contributed by atoms with van der Waals surface area (Å²) >= 11 is 0. The molecule has 0 N–H and O–H groups in total. The third-order valence-electron chi connectivity index (χ3n) is 2.52. The summed E-state index contributed by atoms with van der Waals surface area (Å²) in [6, 6.07) is 0. The molecule has 0 aliphatic heterocycles. The van der Waals surface area contributed by atoms with E-state index in [0.29, 0.717) is 5.92 Å². The predicted molar refractivity (Wildman–Crippen MR) is 84.2 cm³/mol. The molecule has 0 rings (SSSR count). The maximum Gasteiger partial charge on any atom is 0.0602 e. The summed E-state index contributed by atoms with van der Waals surface area (Å²) in [4.78, 5) is 4.28. The lowest BCUT2D eigenvalue weighted by Crippen LogP contribution is -2.05. The Balaban J connectivity index is 4.71. The number of hydrogen-bond acceptors (Lipinski definition) is 1. The highest BCUT2D eigenvalue weighted by Gasteiger charge is 2.05. The van der Waals surface area contributed by atoms with Gasteiger partial charge < -0.3 is 0 Å². The molecule has 0 spiro atoms. The third kappa shape index (κ3) is 6.85. The fraction of sp³-hybridized carbons (Fsp3) is 0.353. The molecule has 1 nitrogen and oxygen atoms in total. The Bertz CT molecular complexity index is 401. The van der Waals surface area contributed by atoms with Crippen LogP contribution in [0.2, 0.25) is 0 Å². The maximum atomic E-state index is 4.28. The van der Waals surface area contributed by atoms with Crippen molar-refractivity contribution in [2.75, 3.05) is 7.05 Å². The van der Waals surface area contributed by atoms with E-state index in [-0.39, 0.29) is 0 Å². The van der Waals surface area contributed by atoms with E-state index in [1.165, 1.54) is 5.57 Å². The summed E-state index contributed by atoms with van der Waals surface area (Å²) in [5.41, 5.74) is 3.22. The minimum absolute atomic E-state index is 0.423. The van der Waals surface area contributed by atoms with E-state index >= 15 is 0 Å². The molecular formula is C17H25N. The molecule has 0 aliphatic carbocycles. The minimum atomic E-state index is 0.423. The van der Waals surface area contributed by atoms with Gasteiger partial charge in [0.1, 0.15) is 0 Å². The van der Waals surface area contributed by atoms with Crippen LogP contribution in [0.25, 0.3) is 0 Å². The Morgan fingerprint density at radius 1 is 1.11 bits per heavy atom. The van der Waals surface area contributed by atoms with Crippen LogP contribution in [0.4, 0.5) is 0 Å². The Morgan fingerprint density at radius 3 is 2.22 bits per heavy atom. The van der Waals surface area contributed by atoms with Gasteiger partial charge in [0.15, 0.2) is 0 Å². The standard InChI is InChI=1S/C17H25N/c1-7-8-9-10-11-12-15(4)13-17(18-6)16(5)14(2)3/h7-14H,5H2,1-4,6H3/b8-7-,10-9-,12-11+,15-13+,18-17?. The second kappa shape index (κ2) is 9.41. The van der Waals surface area contributed by atoms with Gasteiger partial charge in [0.2, 0.25) is 0 Å². The highest BCUT2D eigenvalue weighted by Crippen LogP contribution is 2.11. The van der Waals surface area contributed by atoms with Crippen LogP contribution < -0.4 is 0 Å². The van der Waals surface area contributed by atoms with Crippen LogP contribution in [0.1, 0.15) is 27.7 Å². The molecule has 0 fully saturated rings. The first-order valence-electron chi connectivity index (χ1n) is 6.33. The zero-order valence-electron chi connectivity index (χ0n) is 12.3. The van der Waals surface area contributed by atoms with Gasteiger partial charge in [-0.15, -0.1) is 0 Å². The SMILES string of the molecule is C=C(C(/C=C(C)/C=C/C=C\C=C/C)=NC)C(C)C. The molecule has 0 aromatic rings. The third-order valence-corrected chi connectivity index (χ3v) is 2.52. The lowest BCUT2D eigenvalue weighted by atomic mass is 9.98. The van der Waals surface area contributed by atoms with E-state index < -0.39 is 0 Å². The van der Waals surface area contributed by atoms with Crippen molar-refractivity contribution in [3.63, 3.8) is 0 Å². The molecule has 0 saturated carbocycles. The molecule has 0 aromatic heterocycles. The van der Waals surface area contributed by atoms with Gasteiger partial charge in [-0.2, -0.15) is 0 Å². The second-order valence-corrected chi connectivity index (χ2v) is 4.45. The first-order valence-corrected chi connectivity index (χ1v) is 6.33. The Labute approximate surface area is 112 Å². The first kappa shape index (κ1) is 16.4. The molecule has 0 bridgehead atoms. The highest BCUT2D eigenvalue weighted by atomic mass is 14.7. The number of nitrogens with zero attached hydrogens (tertiary/aromatic N) is 1. The largest absolute Gasteiger partial charge is 0.288 e. The molecule has 0 heterocycles. The average molecular weight is 243 g/mol. The minimum Gasteiger partial charge on any atom is -0.288 e. The van der Waals surface area contributed by atoms with Gasteiger partial charge in [0.05, 0.1) is 5.71 Å². The van der Waals surface area contributed by atoms with E-state index in [1.54, 1.807) is 0 Å². The Kier molecular flexibility index (Phi) is 8.55. The monoisotopic (exact) mass is 243 g/mol. The quantitative estimate of drug-likeness (QED) is 0.464. The van der Waals surface area contributed by atoms with Crippen LogP contribution in [-0.4, -0.2) is 12.8 Å². The van der Waals surface area contributed by atoms with Crippen LogP contribution in [0, 0.1) is 5.92 Å². The number of aliphatic imine (C=N–C) groups is 1. The van der Waals surface area contributed by atoms with Gasteiger partial charge in [-0.3, -0.25) is 4.99 Å². The lowest BCUT2D eigenvalue weighted by Gasteiger charge is -2.09. The van der Waals surface area contributed by atoms with E-state index in [4.69, 9.17) is 0 Å².